The Labute approximate surface area is 177 Å². The lowest BCUT2D eigenvalue weighted by atomic mass is 10.3. The zero-order valence-corrected chi connectivity index (χ0v) is 18.1. The van der Waals surface area contributed by atoms with Crippen molar-refractivity contribution in [3.8, 4) is 17.4 Å². The van der Waals surface area contributed by atoms with Crippen molar-refractivity contribution in [2.75, 3.05) is 20.2 Å². The second-order valence-electron chi connectivity index (χ2n) is 6.30. The van der Waals surface area contributed by atoms with E-state index in [0.29, 0.717) is 12.4 Å². The summed E-state index contributed by atoms with van der Waals surface area (Å²) < 4.78 is 10.9. The zero-order valence-electron chi connectivity index (χ0n) is 15.8. The third-order valence-electron chi connectivity index (χ3n) is 4.10. The fourth-order valence-corrected chi connectivity index (χ4v) is 2.40. The highest BCUT2D eigenvalue weighted by atomic mass is 127. The third kappa shape index (κ3) is 7.24. The molecule has 0 unspecified atom stereocenters. The number of pyridine rings is 1. The minimum Gasteiger partial charge on any atom is -0.497 e. The summed E-state index contributed by atoms with van der Waals surface area (Å²) in [6.45, 7) is 4.50. The average Bonchev–Trinajstić information content (AvgIpc) is 3.50. The van der Waals surface area contributed by atoms with Gasteiger partial charge >= 0.3 is 0 Å². The SMILES string of the molecule is CCNC(=NCc1ccc(Oc2ccc(OC)cc2)nc1)NCC1CC1.I. The van der Waals surface area contributed by atoms with Gasteiger partial charge in [0.25, 0.3) is 0 Å². The van der Waals surface area contributed by atoms with Crippen LogP contribution in [-0.2, 0) is 6.54 Å². The van der Waals surface area contributed by atoms with Crippen molar-refractivity contribution >= 4 is 29.9 Å². The number of nitrogens with zero attached hydrogens (tertiary/aromatic N) is 2. The minimum atomic E-state index is 0. The van der Waals surface area contributed by atoms with E-state index >= 15 is 0 Å². The number of hydrogen-bond donors (Lipinski definition) is 2. The van der Waals surface area contributed by atoms with Gasteiger partial charge in [-0.1, -0.05) is 6.07 Å². The molecule has 1 aliphatic carbocycles. The molecule has 0 aliphatic heterocycles. The van der Waals surface area contributed by atoms with Crippen LogP contribution in [0.2, 0.25) is 0 Å². The number of halogens is 1. The second kappa shape index (κ2) is 11.0. The summed E-state index contributed by atoms with van der Waals surface area (Å²) >= 11 is 0. The van der Waals surface area contributed by atoms with Crippen LogP contribution in [0.1, 0.15) is 25.3 Å². The van der Waals surface area contributed by atoms with Crippen LogP contribution in [0.25, 0.3) is 0 Å². The van der Waals surface area contributed by atoms with E-state index in [0.717, 1.165) is 42.0 Å². The molecule has 1 aromatic carbocycles. The molecule has 7 heteroatoms. The summed E-state index contributed by atoms with van der Waals surface area (Å²) in [6, 6.07) is 11.3. The minimum absolute atomic E-state index is 0. The molecule has 1 aromatic heterocycles. The maximum absolute atomic E-state index is 5.74. The summed E-state index contributed by atoms with van der Waals surface area (Å²) in [4.78, 5) is 8.98. The smallest absolute Gasteiger partial charge is 0.219 e. The number of methoxy groups -OCH3 is 1. The molecular weight excluding hydrogens is 455 g/mol. The van der Waals surface area contributed by atoms with Crippen molar-refractivity contribution < 1.29 is 9.47 Å². The van der Waals surface area contributed by atoms with E-state index in [4.69, 9.17) is 9.47 Å². The molecular formula is C20H27IN4O2. The Hall–Kier alpha value is -2.03. The maximum atomic E-state index is 5.74. The van der Waals surface area contributed by atoms with Gasteiger partial charge < -0.3 is 20.1 Å². The first-order valence-electron chi connectivity index (χ1n) is 9.06. The van der Waals surface area contributed by atoms with E-state index < -0.39 is 0 Å². The van der Waals surface area contributed by atoms with E-state index in [1.54, 1.807) is 13.3 Å². The predicted octanol–water partition coefficient (Wildman–Crippen LogP) is 3.97. The van der Waals surface area contributed by atoms with E-state index in [-0.39, 0.29) is 24.0 Å². The van der Waals surface area contributed by atoms with Crippen molar-refractivity contribution in [3.63, 3.8) is 0 Å². The Morgan fingerprint density at radius 3 is 2.44 bits per heavy atom. The number of aliphatic imine (C=N–C) groups is 1. The van der Waals surface area contributed by atoms with Crippen LogP contribution >= 0.6 is 24.0 Å². The largest absolute Gasteiger partial charge is 0.497 e. The van der Waals surface area contributed by atoms with Crippen molar-refractivity contribution in [2.45, 2.75) is 26.3 Å². The summed E-state index contributed by atoms with van der Waals surface area (Å²) in [5.41, 5.74) is 1.04. The topological polar surface area (TPSA) is 67.8 Å². The number of benzene rings is 1. The van der Waals surface area contributed by atoms with Gasteiger partial charge in [-0.2, -0.15) is 0 Å². The number of ether oxygens (including phenoxy) is 2. The third-order valence-corrected chi connectivity index (χ3v) is 4.10. The Balaban J connectivity index is 0.00000261. The molecule has 1 fully saturated rings. The molecule has 0 bridgehead atoms. The quantitative estimate of drug-likeness (QED) is 0.339. The van der Waals surface area contributed by atoms with Crippen LogP contribution in [-0.4, -0.2) is 31.1 Å². The van der Waals surface area contributed by atoms with Crippen LogP contribution in [0.4, 0.5) is 0 Å². The fraction of sp³-hybridized carbons (Fsp3) is 0.400. The number of aromatic nitrogens is 1. The van der Waals surface area contributed by atoms with Crippen molar-refractivity contribution in [1.82, 2.24) is 15.6 Å². The molecule has 0 saturated heterocycles. The van der Waals surface area contributed by atoms with Crippen molar-refractivity contribution in [2.24, 2.45) is 10.9 Å². The first-order chi connectivity index (χ1) is 12.8. The summed E-state index contributed by atoms with van der Waals surface area (Å²) in [5.74, 6) is 3.75. The molecule has 0 radical (unpaired) electrons. The number of guanidine groups is 1. The van der Waals surface area contributed by atoms with Gasteiger partial charge in [0.15, 0.2) is 5.96 Å². The van der Waals surface area contributed by atoms with Crippen LogP contribution in [0.5, 0.6) is 17.4 Å². The molecule has 1 heterocycles. The molecule has 2 aromatic rings. The lowest BCUT2D eigenvalue weighted by molar-refractivity contribution is 0.412. The zero-order chi connectivity index (χ0) is 18.2. The number of nitrogens with one attached hydrogen (secondary N) is 2. The highest BCUT2D eigenvalue weighted by Gasteiger charge is 2.20. The van der Waals surface area contributed by atoms with Gasteiger partial charge in [-0.15, -0.1) is 24.0 Å². The first-order valence-corrected chi connectivity index (χ1v) is 9.06. The van der Waals surface area contributed by atoms with Crippen molar-refractivity contribution in [3.05, 3.63) is 48.2 Å². The first kappa shape index (κ1) is 21.3. The molecule has 0 spiro atoms. The molecule has 27 heavy (non-hydrogen) atoms. The van der Waals surface area contributed by atoms with Gasteiger partial charge in [-0.3, -0.25) is 0 Å². The lowest BCUT2D eigenvalue weighted by Crippen LogP contribution is -2.38. The Morgan fingerprint density at radius 1 is 1.11 bits per heavy atom. The summed E-state index contributed by atoms with van der Waals surface area (Å²) in [5, 5.41) is 6.66. The molecule has 0 atom stereocenters. The lowest BCUT2D eigenvalue weighted by Gasteiger charge is -2.10. The fourth-order valence-electron chi connectivity index (χ4n) is 2.40. The molecule has 6 nitrogen and oxygen atoms in total. The highest BCUT2D eigenvalue weighted by Crippen LogP contribution is 2.27. The summed E-state index contributed by atoms with van der Waals surface area (Å²) in [6.07, 6.45) is 4.45. The molecule has 146 valence electrons. The van der Waals surface area contributed by atoms with Crippen LogP contribution in [0.3, 0.4) is 0 Å². The van der Waals surface area contributed by atoms with Gasteiger partial charge in [0.2, 0.25) is 5.88 Å². The normalized spacial score (nSPS) is 13.5. The Bertz CT molecular complexity index is 716. The molecule has 1 aliphatic rings. The number of hydrogen-bond acceptors (Lipinski definition) is 4. The summed E-state index contributed by atoms with van der Waals surface area (Å²) in [7, 11) is 1.64. The van der Waals surface area contributed by atoms with E-state index in [1.807, 2.05) is 36.4 Å². The van der Waals surface area contributed by atoms with E-state index in [9.17, 15) is 0 Å². The molecule has 0 amide bonds. The maximum Gasteiger partial charge on any atom is 0.219 e. The average molecular weight is 482 g/mol. The standard InChI is InChI=1S/C20H26N4O2.HI/c1-3-21-20(23-12-15-4-5-15)24-14-16-6-11-19(22-13-16)26-18-9-7-17(25-2)8-10-18;/h6-11,13,15H,3-5,12,14H2,1-2H3,(H2,21,23,24);1H. The van der Waals surface area contributed by atoms with Gasteiger partial charge in [0.05, 0.1) is 13.7 Å². The molecule has 2 N–H and O–H groups in total. The van der Waals surface area contributed by atoms with Gasteiger partial charge in [0, 0.05) is 25.4 Å². The van der Waals surface area contributed by atoms with Crippen LogP contribution in [0, 0.1) is 5.92 Å². The Morgan fingerprint density at radius 2 is 1.85 bits per heavy atom. The van der Waals surface area contributed by atoms with Gasteiger partial charge in [-0.05, 0) is 55.5 Å². The second-order valence-corrected chi connectivity index (χ2v) is 6.30. The van der Waals surface area contributed by atoms with Crippen molar-refractivity contribution in [1.29, 1.82) is 0 Å². The highest BCUT2D eigenvalue weighted by molar-refractivity contribution is 14.0. The van der Waals surface area contributed by atoms with Crippen LogP contribution < -0.4 is 20.1 Å². The molecule has 1 saturated carbocycles. The van der Waals surface area contributed by atoms with E-state index in [1.165, 1.54) is 12.8 Å². The van der Waals surface area contributed by atoms with E-state index in [2.05, 4.69) is 27.5 Å². The Kier molecular flexibility index (Phi) is 8.63. The van der Waals surface area contributed by atoms with Crippen LogP contribution in [0.15, 0.2) is 47.6 Å². The monoisotopic (exact) mass is 482 g/mol. The van der Waals surface area contributed by atoms with Gasteiger partial charge in [-0.25, -0.2) is 9.98 Å². The number of rotatable bonds is 8. The molecule has 3 rings (SSSR count). The predicted molar refractivity (Wildman–Crippen MR) is 118 cm³/mol. The van der Waals surface area contributed by atoms with Gasteiger partial charge in [0.1, 0.15) is 11.5 Å².